The molecular weight excluding hydrogens is 87.0 g/mol. The van der Waals surface area contributed by atoms with Crippen LogP contribution >= 0.6 is 0 Å². The number of hydrogen-bond donors (Lipinski definition) is 2. The highest BCUT2D eigenvalue weighted by Gasteiger charge is 2.15. The maximum Gasteiger partial charge on any atom is 0.315 e. The zero-order valence-corrected chi connectivity index (χ0v) is 3.19. The van der Waals surface area contributed by atoms with E-state index < -0.39 is 12.5 Å². The fourth-order valence-corrected chi connectivity index (χ4v) is 0. The van der Waals surface area contributed by atoms with Gasteiger partial charge in [0.2, 0.25) is 0 Å². The van der Waals surface area contributed by atoms with E-state index in [9.17, 15) is 4.39 Å². The van der Waals surface area contributed by atoms with Crippen LogP contribution in [-0.2, 0) is 0 Å². The molecule has 0 aromatic rings. The summed E-state index contributed by atoms with van der Waals surface area (Å²) in [5, 5.41) is 15.3. The summed E-state index contributed by atoms with van der Waals surface area (Å²) in [5.74, 6) is 0. The van der Waals surface area contributed by atoms with Gasteiger partial charge in [0.1, 0.15) is 0 Å². The third-order valence-electron chi connectivity index (χ3n) is 0.318. The largest absolute Gasteiger partial charge is 0.340 e. The number of hydrogen-bond acceptors (Lipinski definition) is 2. The number of aliphatic hydroxyl groups is 2. The Hall–Kier alpha value is -0.150. The molecule has 0 aromatic heterocycles. The van der Waals surface area contributed by atoms with Crippen molar-refractivity contribution in [3.8, 4) is 0 Å². The first-order valence-electron chi connectivity index (χ1n) is 1.49. The third-order valence-corrected chi connectivity index (χ3v) is 0.318. The van der Waals surface area contributed by atoms with Crippen LogP contribution in [0.2, 0.25) is 0 Å². The van der Waals surface area contributed by atoms with Gasteiger partial charge in [0.25, 0.3) is 0 Å². The predicted molar refractivity (Wildman–Crippen MR) is 18.3 cm³/mol. The van der Waals surface area contributed by atoms with Crippen molar-refractivity contribution >= 4 is 0 Å². The van der Waals surface area contributed by atoms with E-state index in [0.717, 1.165) is 0 Å². The lowest BCUT2D eigenvalue weighted by Crippen LogP contribution is -2.18. The Labute approximate surface area is 35.2 Å². The van der Waals surface area contributed by atoms with Crippen molar-refractivity contribution in [1.82, 2.24) is 0 Å². The van der Waals surface area contributed by atoms with Crippen molar-refractivity contribution in [3.05, 3.63) is 6.92 Å². The average Bonchev–Trinajstić information content (AvgIpc) is 1.35. The molecule has 0 aromatic carbocycles. The van der Waals surface area contributed by atoms with E-state index in [1.807, 2.05) is 0 Å². The van der Waals surface area contributed by atoms with Crippen LogP contribution in [0, 0.1) is 6.92 Å². The predicted octanol–water partition coefficient (Wildman–Crippen LogP) is -0.182. The summed E-state index contributed by atoms with van der Waals surface area (Å²) in [6.07, 6.45) is -0.535. The van der Waals surface area contributed by atoms with Crippen LogP contribution in [0.5, 0.6) is 0 Å². The van der Waals surface area contributed by atoms with Gasteiger partial charge in [-0.05, 0) is 6.92 Å². The molecule has 0 spiro atoms. The molecule has 0 aliphatic heterocycles. The van der Waals surface area contributed by atoms with E-state index in [1.54, 1.807) is 0 Å². The molecule has 6 heavy (non-hydrogen) atoms. The summed E-state index contributed by atoms with van der Waals surface area (Å²) in [6.45, 7) is 2.88. The van der Waals surface area contributed by atoms with Crippen LogP contribution < -0.4 is 0 Å². The van der Waals surface area contributed by atoms with Crippen LogP contribution in [-0.4, -0.2) is 16.3 Å². The van der Waals surface area contributed by atoms with Crippen molar-refractivity contribution < 1.29 is 14.6 Å². The van der Waals surface area contributed by atoms with E-state index in [-0.39, 0.29) is 0 Å². The van der Waals surface area contributed by atoms with Crippen molar-refractivity contribution in [1.29, 1.82) is 0 Å². The van der Waals surface area contributed by atoms with E-state index in [1.165, 1.54) is 0 Å². The highest BCUT2D eigenvalue weighted by Crippen LogP contribution is 2.02. The lowest BCUT2D eigenvalue weighted by atomic mass is 10.4. The van der Waals surface area contributed by atoms with Crippen molar-refractivity contribution in [2.75, 3.05) is 0 Å². The first-order chi connectivity index (χ1) is 2.56. The quantitative estimate of drug-likeness (QED) is 0.441. The molecule has 2 N–H and O–H groups in total. The molecule has 2 nitrogen and oxygen atoms in total. The van der Waals surface area contributed by atoms with Crippen molar-refractivity contribution in [3.63, 3.8) is 0 Å². The summed E-state index contributed by atoms with van der Waals surface area (Å²) in [4.78, 5) is 0. The summed E-state index contributed by atoms with van der Waals surface area (Å²) in [7, 11) is 0. The van der Waals surface area contributed by atoms with Crippen LogP contribution in [0.1, 0.15) is 6.42 Å². The standard InChI is InChI=1S/C3H6FO2/c1-2-3(4,5)6/h5-6H,1-2H2. The molecule has 0 aliphatic rings. The maximum absolute atomic E-state index is 11.2. The fourth-order valence-electron chi connectivity index (χ4n) is 0. The summed E-state index contributed by atoms with van der Waals surface area (Å²) < 4.78 is 11.2. The van der Waals surface area contributed by atoms with Crippen LogP contribution in [0.25, 0.3) is 0 Å². The molecule has 0 unspecified atom stereocenters. The number of rotatable bonds is 1. The monoisotopic (exact) mass is 93.0 g/mol. The third kappa shape index (κ3) is 3.85. The lowest BCUT2D eigenvalue weighted by Gasteiger charge is -2.04. The molecule has 0 atom stereocenters. The van der Waals surface area contributed by atoms with E-state index in [4.69, 9.17) is 10.2 Å². The Bertz CT molecular complexity index is 38.5. The van der Waals surface area contributed by atoms with E-state index in [0.29, 0.717) is 0 Å². The topological polar surface area (TPSA) is 40.5 Å². The van der Waals surface area contributed by atoms with Gasteiger partial charge < -0.3 is 10.2 Å². The van der Waals surface area contributed by atoms with Crippen LogP contribution in [0.3, 0.4) is 0 Å². The summed E-state index contributed by atoms with van der Waals surface area (Å²) >= 11 is 0. The molecule has 0 rings (SSSR count). The van der Waals surface area contributed by atoms with Gasteiger partial charge in [0, 0.05) is 6.42 Å². The minimum absolute atomic E-state index is 0.535. The van der Waals surface area contributed by atoms with Gasteiger partial charge >= 0.3 is 6.04 Å². The minimum Gasteiger partial charge on any atom is -0.340 e. The van der Waals surface area contributed by atoms with Crippen LogP contribution in [0.4, 0.5) is 4.39 Å². The van der Waals surface area contributed by atoms with E-state index >= 15 is 0 Å². The molecule has 0 aliphatic carbocycles. The highest BCUT2D eigenvalue weighted by molar-refractivity contribution is 4.46. The van der Waals surface area contributed by atoms with Gasteiger partial charge in [-0.2, -0.15) is 4.39 Å². The molecule has 37 valence electrons. The first-order valence-corrected chi connectivity index (χ1v) is 1.49. The summed E-state index contributed by atoms with van der Waals surface area (Å²) in [6, 6.07) is -3.07. The number of halogens is 1. The van der Waals surface area contributed by atoms with Gasteiger partial charge in [-0.1, -0.05) is 0 Å². The Kier molecular flexibility index (Phi) is 1.49. The molecule has 0 amide bonds. The molecular formula is C3H6FO2. The Morgan fingerprint density at radius 2 is 1.83 bits per heavy atom. The van der Waals surface area contributed by atoms with Gasteiger partial charge in [-0.25, -0.2) is 0 Å². The second kappa shape index (κ2) is 1.53. The van der Waals surface area contributed by atoms with Gasteiger partial charge in [-0.15, -0.1) is 0 Å². The van der Waals surface area contributed by atoms with Gasteiger partial charge in [0.05, 0.1) is 0 Å². The Morgan fingerprint density at radius 3 is 1.83 bits per heavy atom. The molecule has 0 saturated carbocycles. The molecule has 0 fully saturated rings. The highest BCUT2D eigenvalue weighted by atomic mass is 19.2. The van der Waals surface area contributed by atoms with Crippen LogP contribution in [0.15, 0.2) is 0 Å². The van der Waals surface area contributed by atoms with Crippen molar-refractivity contribution in [2.45, 2.75) is 12.5 Å². The molecule has 0 heterocycles. The molecule has 3 heteroatoms. The first kappa shape index (κ1) is 5.85. The molecule has 0 saturated heterocycles. The second-order valence-corrected chi connectivity index (χ2v) is 0.969. The lowest BCUT2D eigenvalue weighted by molar-refractivity contribution is -0.255. The van der Waals surface area contributed by atoms with E-state index in [2.05, 4.69) is 6.92 Å². The normalized spacial score (nSPS) is 12.0. The zero-order valence-electron chi connectivity index (χ0n) is 3.19. The van der Waals surface area contributed by atoms with Gasteiger partial charge in [-0.3, -0.25) is 0 Å². The summed E-state index contributed by atoms with van der Waals surface area (Å²) in [5.41, 5.74) is 0. The number of alkyl halides is 1. The Balaban J connectivity index is 3.17. The van der Waals surface area contributed by atoms with Crippen molar-refractivity contribution in [2.24, 2.45) is 0 Å². The molecule has 0 bridgehead atoms. The average molecular weight is 93.1 g/mol. The molecule has 1 radical (unpaired) electrons. The second-order valence-electron chi connectivity index (χ2n) is 0.969. The fraction of sp³-hybridized carbons (Fsp3) is 0.667. The zero-order chi connectivity index (χ0) is 5.21. The van der Waals surface area contributed by atoms with Gasteiger partial charge in [0.15, 0.2) is 0 Å². The Morgan fingerprint density at radius 1 is 1.67 bits per heavy atom. The smallest absolute Gasteiger partial charge is 0.315 e. The maximum atomic E-state index is 11.2. The SMILES string of the molecule is [CH2]CC(O)(O)F. The minimum atomic E-state index is -3.07.